The van der Waals surface area contributed by atoms with E-state index >= 15 is 0 Å². The summed E-state index contributed by atoms with van der Waals surface area (Å²) in [5, 5.41) is 8.88. The number of morpholine rings is 1. The zero-order valence-electron chi connectivity index (χ0n) is 8.41. The first-order chi connectivity index (χ1) is 5.95. The molecule has 0 saturated carbocycles. The highest BCUT2D eigenvalue weighted by molar-refractivity contribution is 5.73. The van der Waals surface area contributed by atoms with Crippen LogP contribution in [0.3, 0.4) is 0 Å². The zero-order chi connectivity index (χ0) is 10.1. The van der Waals surface area contributed by atoms with E-state index in [1.54, 1.807) is 6.92 Å². The molecule has 1 fully saturated rings. The lowest BCUT2D eigenvalue weighted by Crippen LogP contribution is -2.58. The molecule has 1 N–H and O–H groups in total. The van der Waals surface area contributed by atoms with Crippen molar-refractivity contribution in [1.29, 1.82) is 0 Å². The zero-order valence-corrected chi connectivity index (χ0v) is 8.41. The van der Waals surface area contributed by atoms with Gasteiger partial charge in [-0.25, -0.2) is 0 Å². The van der Waals surface area contributed by atoms with Crippen LogP contribution in [0.25, 0.3) is 0 Å². The van der Waals surface area contributed by atoms with Crippen LogP contribution in [-0.2, 0) is 9.53 Å². The molecular weight excluding hydrogens is 170 g/mol. The molecule has 4 heteroatoms. The standard InChI is InChI=1S/C9H17NO3/c1-7(8(11)12)10-4-5-13-6-9(10,2)3/h7H,4-6H2,1-3H3,(H,11,12). The van der Waals surface area contributed by atoms with Crippen LogP contribution in [0.15, 0.2) is 0 Å². The van der Waals surface area contributed by atoms with Gasteiger partial charge in [0.1, 0.15) is 6.04 Å². The van der Waals surface area contributed by atoms with Crippen molar-refractivity contribution in [2.24, 2.45) is 0 Å². The summed E-state index contributed by atoms with van der Waals surface area (Å²) in [6.07, 6.45) is 0. The number of aliphatic carboxylic acids is 1. The average molecular weight is 187 g/mol. The summed E-state index contributed by atoms with van der Waals surface area (Å²) in [7, 11) is 0. The van der Waals surface area contributed by atoms with Crippen LogP contribution in [0.5, 0.6) is 0 Å². The van der Waals surface area contributed by atoms with Crippen LogP contribution in [-0.4, -0.2) is 47.3 Å². The maximum absolute atomic E-state index is 10.8. The molecule has 0 aliphatic carbocycles. The fourth-order valence-corrected chi connectivity index (χ4v) is 1.72. The normalized spacial score (nSPS) is 25.5. The van der Waals surface area contributed by atoms with Gasteiger partial charge in [0.25, 0.3) is 0 Å². The molecule has 13 heavy (non-hydrogen) atoms. The van der Waals surface area contributed by atoms with Gasteiger partial charge in [-0.3, -0.25) is 9.69 Å². The Balaban J connectivity index is 2.70. The van der Waals surface area contributed by atoms with Crippen molar-refractivity contribution in [3.63, 3.8) is 0 Å². The van der Waals surface area contributed by atoms with Gasteiger partial charge >= 0.3 is 5.97 Å². The monoisotopic (exact) mass is 187 g/mol. The van der Waals surface area contributed by atoms with E-state index < -0.39 is 12.0 Å². The highest BCUT2D eigenvalue weighted by Gasteiger charge is 2.36. The summed E-state index contributed by atoms with van der Waals surface area (Å²) in [6.45, 7) is 7.65. The van der Waals surface area contributed by atoms with Crippen LogP contribution in [0.4, 0.5) is 0 Å². The number of hydrogen-bond acceptors (Lipinski definition) is 3. The number of ether oxygens (including phenoxy) is 1. The molecule has 76 valence electrons. The topological polar surface area (TPSA) is 49.8 Å². The quantitative estimate of drug-likeness (QED) is 0.686. The Kier molecular flexibility index (Phi) is 2.93. The van der Waals surface area contributed by atoms with E-state index in [0.29, 0.717) is 19.8 Å². The lowest BCUT2D eigenvalue weighted by molar-refractivity contribution is -0.150. The van der Waals surface area contributed by atoms with Gasteiger partial charge in [-0.2, -0.15) is 0 Å². The Morgan fingerprint density at radius 3 is 2.69 bits per heavy atom. The maximum Gasteiger partial charge on any atom is 0.320 e. The second-order valence-electron chi connectivity index (χ2n) is 4.07. The Morgan fingerprint density at radius 1 is 1.62 bits per heavy atom. The molecule has 0 aromatic rings. The van der Waals surface area contributed by atoms with Crippen LogP contribution < -0.4 is 0 Å². The minimum absolute atomic E-state index is 0.171. The Labute approximate surface area is 78.5 Å². The van der Waals surface area contributed by atoms with E-state index in [4.69, 9.17) is 9.84 Å². The average Bonchev–Trinajstić information content (AvgIpc) is 2.02. The van der Waals surface area contributed by atoms with Gasteiger partial charge in [-0.1, -0.05) is 0 Å². The highest BCUT2D eigenvalue weighted by atomic mass is 16.5. The number of carboxylic acids is 1. The fourth-order valence-electron chi connectivity index (χ4n) is 1.72. The van der Waals surface area contributed by atoms with Crippen LogP contribution >= 0.6 is 0 Å². The van der Waals surface area contributed by atoms with Crippen molar-refractivity contribution in [2.45, 2.75) is 32.4 Å². The SMILES string of the molecule is CC(C(=O)O)N1CCOCC1(C)C. The van der Waals surface area contributed by atoms with Crippen LogP contribution in [0, 0.1) is 0 Å². The van der Waals surface area contributed by atoms with Crippen LogP contribution in [0.2, 0.25) is 0 Å². The first kappa shape index (κ1) is 10.5. The van der Waals surface area contributed by atoms with Crippen molar-refractivity contribution in [1.82, 2.24) is 4.90 Å². The fraction of sp³-hybridized carbons (Fsp3) is 0.889. The van der Waals surface area contributed by atoms with Gasteiger partial charge in [0.2, 0.25) is 0 Å². The number of carbonyl (C=O) groups is 1. The summed E-state index contributed by atoms with van der Waals surface area (Å²) in [5.74, 6) is -0.769. The van der Waals surface area contributed by atoms with E-state index in [2.05, 4.69) is 0 Å². The maximum atomic E-state index is 10.8. The van der Waals surface area contributed by atoms with E-state index in [1.807, 2.05) is 18.7 Å². The van der Waals surface area contributed by atoms with Gasteiger partial charge in [0, 0.05) is 12.1 Å². The predicted octanol–water partition coefficient (Wildman–Crippen LogP) is 0.570. The second kappa shape index (κ2) is 3.64. The summed E-state index contributed by atoms with van der Waals surface area (Å²) < 4.78 is 5.31. The largest absolute Gasteiger partial charge is 0.480 e. The van der Waals surface area contributed by atoms with Gasteiger partial charge in [0.15, 0.2) is 0 Å². The lowest BCUT2D eigenvalue weighted by atomic mass is 10.0. The molecule has 4 nitrogen and oxygen atoms in total. The molecule has 0 bridgehead atoms. The summed E-state index contributed by atoms with van der Waals surface area (Å²) in [5.41, 5.74) is -0.171. The predicted molar refractivity (Wildman–Crippen MR) is 48.7 cm³/mol. The van der Waals surface area contributed by atoms with Crippen LogP contribution in [0.1, 0.15) is 20.8 Å². The number of nitrogens with zero attached hydrogens (tertiary/aromatic N) is 1. The molecule has 1 heterocycles. The van der Waals surface area contributed by atoms with E-state index in [1.165, 1.54) is 0 Å². The van der Waals surface area contributed by atoms with Crippen molar-refractivity contribution >= 4 is 5.97 Å². The Bertz CT molecular complexity index is 203. The van der Waals surface area contributed by atoms with E-state index in [-0.39, 0.29) is 5.54 Å². The Morgan fingerprint density at radius 2 is 2.23 bits per heavy atom. The third-order valence-electron chi connectivity index (χ3n) is 2.53. The summed E-state index contributed by atoms with van der Waals surface area (Å²) in [4.78, 5) is 12.8. The molecule has 0 amide bonds. The molecule has 0 spiro atoms. The van der Waals surface area contributed by atoms with Gasteiger partial charge < -0.3 is 9.84 Å². The van der Waals surface area contributed by atoms with Crippen molar-refractivity contribution in [2.75, 3.05) is 19.8 Å². The Hall–Kier alpha value is -0.610. The van der Waals surface area contributed by atoms with Gasteiger partial charge in [-0.15, -0.1) is 0 Å². The van der Waals surface area contributed by atoms with Crippen molar-refractivity contribution in [3.8, 4) is 0 Å². The molecule has 1 aliphatic heterocycles. The summed E-state index contributed by atoms with van der Waals surface area (Å²) in [6, 6.07) is -0.432. The van der Waals surface area contributed by atoms with Crippen molar-refractivity contribution in [3.05, 3.63) is 0 Å². The number of carboxylic acid groups (broad SMARTS) is 1. The van der Waals surface area contributed by atoms with Crippen molar-refractivity contribution < 1.29 is 14.6 Å². The first-order valence-electron chi connectivity index (χ1n) is 4.52. The third kappa shape index (κ3) is 2.19. The smallest absolute Gasteiger partial charge is 0.320 e. The van der Waals surface area contributed by atoms with Gasteiger partial charge in [0.05, 0.1) is 13.2 Å². The molecule has 1 aliphatic rings. The van der Waals surface area contributed by atoms with E-state index in [0.717, 1.165) is 0 Å². The molecule has 0 aromatic heterocycles. The highest BCUT2D eigenvalue weighted by Crippen LogP contribution is 2.21. The van der Waals surface area contributed by atoms with Gasteiger partial charge in [-0.05, 0) is 20.8 Å². The molecule has 1 saturated heterocycles. The lowest BCUT2D eigenvalue weighted by Gasteiger charge is -2.44. The third-order valence-corrected chi connectivity index (χ3v) is 2.53. The second-order valence-corrected chi connectivity index (χ2v) is 4.07. The molecule has 1 rings (SSSR count). The minimum Gasteiger partial charge on any atom is -0.480 e. The molecular formula is C9H17NO3. The molecule has 1 atom stereocenters. The minimum atomic E-state index is -0.769. The summed E-state index contributed by atoms with van der Waals surface area (Å²) >= 11 is 0. The molecule has 0 radical (unpaired) electrons. The van der Waals surface area contributed by atoms with E-state index in [9.17, 15) is 4.79 Å². The number of rotatable bonds is 2. The number of hydrogen-bond donors (Lipinski definition) is 1. The first-order valence-corrected chi connectivity index (χ1v) is 4.52. The molecule has 1 unspecified atom stereocenters. The molecule has 0 aromatic carbocycles.